The van der Waals surface area contributed by atoms with Crippen LogP contribution < -0.4 is 15.4 Å². The Bertz CT molecular complexity index is 1020. The number of hydrogen-bond donors (Lipinski definition) is 2. The largest absolute Gasteiger partial charge is 0.489 e. The summed E-state index contributed by atoms with van der Waals surface area (Å²) in [7, 11) is 0. The molecule has 142 valence electrons. The number of carbonyl (C=O) groups is 2. The fraction of sp³-hybridized carbons (Fsp3) is 0.150. The highest BCUT2D eigenvalue weighted by Crippen LogP contribution is 2.34. The van der Waals surface area contributed by atoms with Crippen molar-refractivity contribution in [1.82, 2.24) is 15.6 Å². The molecule has 28 heavy (non-hydrogen) atoms. The number of oxazole rings is 1. The second-order valence-electron chi connectivity index (χ2n) is 6.27. The number of urea groups is 1. The number of hydrogen-bond acceptors (Lipinski definition) is 6. The monoisotopic (exact) mass is 395 g/mol. The number of ether oxygens (including phenoxy) is 1. The maximum atomic E-state index is 11.8. The van der Waals surface area contributed by atoms with Gasteiger partial charge in [-0.25, -0.2) is 9.78 Å². The van der Waals surface area contributed by atoms with E-state index in [1.807, 2.05) is 49.4 Å². The molecule has 3 amide bonds. The summed E-state index contributed by atoms with van der Waals surface area (Å²) in [5.74, 6) is 0.312. The fourth-order valence-electron chi connectivity index (χ4n) is 2.80. The van der Waals surface area contributed by atoms with Crippen LogP contribution >= 0.6 is 11.8 Å². The lowest BCUT2D eigenvalue weighted by atomic mass is 10.1. The van der Waals surface area contributed by atoms with Gasteiger partial charge in [0.25, 0.3) is 5.91 Å². The average molecular weight is 395 g/mol. The Kier molecular flexibility index (Phi) is 5.03. The molecule has 1 unspecified atom stereocenters. The first-order valence-corrected chi connectivity index (χ1v) is 9.41. The Morgan fingerprint density at radius 1 is 1.18 bits per heavy atom. The maximum Gasteiger partial charge on any atom is 0.322 e. The minimum absolute atomic E-state index is 0.383. The van der Waals surface area contributed by atoms with Crippen LogP contribution in [0, 0.1) is 6.92 Å². The Morgan fingerprint density at radius 2 is 2.00 bits per heavy atom. The quantitative estimate of drug-likeness (QED) is 0.620. The zero-order valence-corrected chi connectivity index (χ0v) is 15.8. The first-order valence-electron chi connectivity index (χ1n) is 8.59. The minimum atomic E-state index is -0.842. The first-order chi connectivity index (χ1) is 13.6. The number of nitrogens with one attached hydrogen (secondary N) is 2. The number of amides is 3. The SMILES string of the molecule is Cc1cccc(COc2ccc(Sc3ocnc3C3NC(=O)NC3=O)cc2)c1. The average Bonchev–Trinajstić information content (AvgIpc) is 3.26. The zero-order chi connectivity index (χ0) is 19.5. The van der Waals surface area contributed by atoms with Gasteiger partial charge in [-0.2, -0.15) is 0 Å². The van der Waals surface area contributed by atoms with Crippen molar-refractivity contribution in [3.05, 3.63) is 71.7 Å². The van der Waals surface area contributed by atoms with Gasteiger partial charge in [0.15, 0.2) is 17.5 Å². The van der Waals surface area contributed by atoms with Crippen LogP contribution in [0.5, 0.6) is 5.75 Å². The Balaban J connectivity index is 1.41. The number of carbonyl (C=O) groups excluding carboxylic acids is 2. The summed E-state index contributed by atoms with van der Waals surface area (Å²) in [4.78, 5) is 28.1. The molecule has 7 nitrogen and oxygen atoms in total. The number of imide groups is 1. The van der Waals surface area contributed by atoms with Crippen LogP contribution in [-0.2, 0) is 11.4 Å². The van der Waals surface area contributed by atoms with E-state index in [-0.39, 0.29) is 0 Å². The van der Waals surface area contributed by atoms with Gasteiger partial charge in [0.1, 0.15) is 18.1 Å². The molecule has 4 rings (SSSR count). The molecule has 1 atom stereocenters. The van der Waals surface area contributed by atoms with Gasteiger partial charge >= 0.3 is 6.03 Å². The molecule has 1 saturated heterocycles. The number of benzene rings is 2. The number of aryl methyl sites for hydroxylation is 1. The molecule has 0 bridgehead atoms. The van der Waals surface area contributed by atoms with Gasteiger partial charge < -0.3 is 14.5 Å². The molecule has 1 aliphatic rings. The summed E-state index contributed by atoms with van der Waals surface area (Å²) >= 11 is 1.32. The van der Waals surface area contributed by atoms with Crippen molar-refractivity contribution in [3.63, 3.8) is 0 Å². The predicted octanol–water partition coefficient (Wildman–Crippen LogP) is 3.59. The lowest BCUT2D eigenvalue weighted by Crippen LogP contribution is -2.22. The molecule has 0 spiro atoms. The van der Waals surface area contributed by atoms with Crippen molar-refractivity contribution in [2.75, 3.05) is 0 Å². The number of nitrogens with zero attached hydrogens (tertiary/aromatic N) is 1. The smallest absolute Gasteiger partial charge is 0.322 e. The van der Waals surface area contributed by atoms with Crippen molar-refractivity contribution in [1.29, 1.82) is 0 Å². The summed E-state index contributed by atoms with van der Waals surface area (Å²) < 4.78 is 11.2. The molecule has 2 N–H and O–H groups in total. The summed E-state index contributed by atoms with van der Waals surface area (Å²) in [5.41, 5.74) is 2.69. The zero-order valence-electron chi connectivity index (χ0n) is 15.0. The van der Waals surface area contributed by atoms with Crippen molar-refractivity contribution in [2.45, 2.75) is 29.6 Å². The molecule has 1 aliphatic heterocycles. The van der Waals surface area contributed by atoms with Gasteiger partial charge in [0, 0.05) is 4.90 Å². The summed E-state index contributed by atoms with van der Waals surface area (Å²) in [6, 6.07) is 14.3. The topological polar surface area (TPSA) is 93.5 Å². The van der Waals surface area contributed by atoms with Crippen LogP contribution in [0.1, 0.15) is 22.9 Å². The van der Waals surface area contributed by atoms with E-state index in [4.69, 9.17) is 9.15 Å². The van der Waals surface area contributed by atoms with Gasteiger partial charge in [-0.3, -0.25) is 10.1 Å². The summed E-state index contributed by atoms with van der Waals surface area (Å²) in [6.07, 6.45) is 1.26. The molecule has 2 aromatic carbocycles. The lowest BCUT2D eigenvalue weighted by molar-refractivity contribution is -0.120. The van der Waals surface area contributed by atoms with Crippen molar-refractivity contribution in [3.8, 4) is 5.75 Å². The molecule has 2 heterocycles. The van der Waals surface area contributed by atoms with Gasteiger partial charge in [0.05, 0.1) is 0 Å². The van der Waals surface area contributed by atoms with E-state index in [0.29, 0.717) is 17.4 Å². The molecule has 8 heteroatoms. The van der Waals surface area contributed by atoms with E-state index in [2.05, 4.69) is 21.7 Å². The third-order valence-electron chi connectivity index (χ3n) is 4.13. The highest BCUT2D eigenvalue weighted by molar-refractivity contribution is 7.99. The molecular weight excluding hydrogens is 378 g/mol. The van der Waals surface area contributed by atoms with Crippen LogP contribution in [0.2, 0.25) is 0 Å². The third-order valence-corrected chi connectivity index (χ3v) is 5.13. The highest BCUT2D eigenvalue weighted by Gasteiger charge is 2.35. The van der Waals surface area contributed by atoms with Crippen LogP contribution in [0.3, 0.4) is 0 Å². The third kappa shape index (κ3) is 4.01. The van der Waals surface area contributed by atoms with E-state index in [1.54, 1.807) is 0 Å². The number of rotatable bonds is 6. The van der Waals surface area contributed by atoms with Crippen molar-refractivity contribution >= 4 is 23.7 Å². The van der Waals surface area contributed by atoms with E-state index < -0.39 is 18.0 Å². The molecule has 0 radical (unpaired) electrons. The fourth-order valence-corrected chi connectivity index (χ4v) is 3.65. The minimum Gasteiger partial charge on any atom is -0.489 e. The van der Waals surface area contributed by atoms with Crippen LogP contribution in [0.4, 0.5) is 4.79 Å². The predicted molar refractivity (Wildman–Crippen MR) is 102 cm³/mol. The maximum absolute atomic E-state index is 11.8. The second kappa shape index (κ2) is 7.77. The van der Waals surface area contributed by atoms with Gasteiger partial charge in [-0.05, 0) is 48.5 Å². The highest BCUT2D eigenvalue weighted by atomic mass is 32.2. The molecular formula is C20H17N3O4S. The first kappa shape index (κ1) is 18.1. The van der Waals surface area contributed by atoms with Gasteiger partial charge in [0.2, 0.25) is 0 Å². The standard InChI is InChI=1S/C20H17N3O4S/c1-12-3-2-4-13(9-12)10-26-14-5-7-15(8-6-14)28-19-17(21-11-27-19)16-18(24)23-20(25)22-16/h2-9,11,16H,10H2,1H3,(H2,22,23,24,25). The lowest BCUT2D eigenvalue weighted by Gasteiger charge is -2.08. The van der Waals surface area contributed by atoms with E-state index in [9.17, 15) is 9.59 Å². The van der Waals surface area contributed by atoms with Crippen molar-refractivity contribution < 1.29 is 18.7 Å². The molecule has 1 fully saturated rings. The van der Waals surface area contributed by atoms with Gasteiger partial charge in [-0.15, -0.1) is 0 Å². The van der Waals surface area contributed by atoms with Crippen LogP contribution in [0.25, 0.3) is 0 Å². The summed E-state index contributed by atoms with van der Waals surface area (Å²) in [6.45, 7) is 2.55. The van der Waals surface area contributed by atoms with Crippen LogP contribution in [-0.4, -0.2) is 16.9 Å². The Labute approximate surface area is 165 Å². The molecule has 0 saturated carbocycles. The summed E-state index contributed by atoms with van der Waals surface area (Å²) in [5, 5.41) is 5.16. The Morgan fingerprint density at radius 3 is 2.71 bits per heavy atom. The number of aromatic nitrogens is 1. The van der Waals surface area contributed by atoms with Crippen molar-refractivity contribution in [2.24, 2.45) is 0 Å². The Hall–Kier alpha value is -3.26. The molecule has 3 aromatic rings. The van der Waals surface area contributed by atoms with E-state index >= 15 is 0 Å². The van der Waals surface area contributed by atoms with E-state index in [1.165, 1.54) is 23.7 Å². The molecule has 0 aliphatic carbocycles. The van der Waals surface area contributed by atoms with E-state index in [0.717, 1.165) is 16.2 Å². The normalized spacial score (nSPS) is 16.0. The van der Waals surface area contributed by atoms with Crippen LogP contribution in [0.15, 0.2) is 69.3 Å². The van der Waals surface area contributed by atoms with Gasteiger partial charge in [-0.1, -0.05) is 29.8 Å². The second-order valence-corrected chi connectivity index (χ2v) is 7.32. The molecule has 1 aromatic heterocycles.